The lowest BCUT2D eigenvalue weighted by Gasteiger charge is -2.30. The molecule has 1 aromatic rings. The van der Waals surface area contributed by atoms with Gasteiger partial charge in [-0.05, 0) is 37.7 Å². The van der Waals surface area contributed by atoms with Gasteiger partial charge in [-0.25, -0.2) is 0 Å². The third kappa shape index (κ3) is 2.92. The first-order chi connectivity index (χ1) is 8.58. The van der Waals surface area contributed by atoms with Crippen molar-refractivity contribution in [3.8, 4) is 0 Å². The molecule has 0 N–H and O–H groups in total. The standard InChI is InChI=1S/C14H23N3O/c1-11-6-8-17(9-7-11)14(18)5-4-13-10-15-16(3)12(13)2/h10-11H,4-9H2,1-3H3. The second-order valence-corrected chi connectivity index (χ2v) is 5.44. The van der Waals surface area contributed by atoms with Crippen LogP contribution in [0.3, 0.4) is 0 Å². The number of piperidine rings is 1. The van der Waals surface area contributed by atoms with Gasteiger partial charge in [0.25, 0.3) is 0 Å². The van der Waals surface area contributed by atoms with Gasteiger partial charge in [-0.3, -0.25) is 9.48 Å². The Morgan fingerprint density at radius 2 is 2.11 bits per heavy atom. The summed E-state index contributed by atoms with van der Waals surface area (Å²) in [5.41, 5.74) is 2.35. The number of aryl methyl sites for hydroxylation is 2. The van der Waals surface area contributed by atoms with E-state index in [1.54, 1.807) is 0 Å². The highest BCUT2D eigenvalue weighted by atomic mass is 16.2. The van der Waals surface area contributed by atoms with Crippen LogP contribution in [0.4, 0.5) is 0 Å². The molecule has 0 aromatic carbocycles. The smallest absolute Gasteiger partial charge is 0.222 e. The van der Waals surface area contributed by atoms with Crippen molar-refractivity contribution in [1.29, 1.82) is 0 Å². The molecule has 0 spiro atoms. The number of likely N-dealkylation sites (tertiary alicyclic amines) is 1. The third-order valence-corrected chi connectivity index (χ3v) is 4.08. The molecule has 0 atom stereocenters. The first-order valence-electron chi connectivity index (χ1n) is 6.83. The summed E-state index contributed by atoms with van der Waals surface area (Å²) in [7, 11) is 1.94. The minimum atomic E-state index is 0.296. The molecule has 1 saturated heterocycles. The molecule has 2 heterocycles. The quantitative estimate of drug-likeness (QED) is 0.821. The van der Waals surface area contributed by atoms with Crippen LogP contribution in [0.25, 0.3) is 0 Å². The molecule has 1 fully saturated rings. The Hall–Kier alpha value is -1.32. The van der Waals surface area contributed by atoms with Crippen LogP contribution in [0.15, 0.2) is 6.20 Å². The lowest BCUT2D eigenvalue weighted by molar-refractivity contribution is -0.132. The average Bonchev–Trinajstić information content (AvgIpc) is 2.68. The normalized spacial score (nSPS) is 17.2. The van der Waals surface area contributed by atoms with Gasteiger partial charge in [-0.15, -0.1) is 0 Å². The first-order valence-corrected chi connectivity index (χ1v) is 6.83. The Kier molecular flexibility index (Phi) is 4.04. The summed E-state index contributed by atoms with van der Waals surface area (Å²) < 4.78 is 1.86. The maximum atomic E-state index is 12.1. The van der Waals surface area contributed by atoms with Crippen molar-refractivity contribution in [2.45, 2.75) is 39.5 Å². The number of hydrogen-bond donors (Lipinski definition) is 0. The molecule has 1 aromatic heterocycles. The summed E-state index contributed by atoms with van der Waals surface area (Å²) in [6, 6.07) is 0. The van der Waals surface area contributed by atoms with Crippen molar-refractivity contribution in [2.75, 3.05) is 13.1 Å². The number of rotatable bonds is 3. The summed E-state index contributed by atoms with van der Waals surface area (Å²) in [5, 5.41) is 4.21. The largest absolute Gasteiger partial charge is 0.343 e. The van der Waals surface area contributed by atoms with E-state index in [9.17, 15) is 4.79 Å². The topological polar surface area (TPSA) is 38.1 Å². The Morgan fingerprint density at radius 3 is 2.67 bits per heavy atom. The second kappa shape index (κ2) is 5.55. The zero-order valence-electron chi connectivity index (χ0n) is 11.6. The van der Waals surface area contributed by atoms with E-state index in [4.69, 9.17) is 0 Å². The van der Waals surface area contributed by atoms with E-state index < -0.39 is 0 Å². The molecule has 1 aliphatic heterocycles. The molecule has 0 bridgehead atoms. The van der Waals surface area contributed by atoms with E-state index in [1.807, 2.05) is 22.8 Å². The Balaban J connectivity index is 1.83. The van der Waals surface area contributed by atoms with Gasteiger partial charge in [0, 0.05) is 32.3 Å². The highest BCUT2D eigenvalue weighted by Crippen LogP contribution is 2.17. The van der Waals surface area contributed by atoms with Gasteiger partial charge < -0.3 is 4.90 Å². The van der Waals surface area contributed by atoms with Gasteiger partial charge in [0.2, 0.25) is 5.91 Å². The maximum Gasteiger partial charge on any atom is 0.222 e. The van der Waals surface area contributed by atoms with Crippen LogP contribution in [-0.2, 0) is 18.3 Å². The molecule has 1 amide bonds. The van der Waals surface area contributed by atoms with Gasteiger partial charge >= 0.3 is 0 Å². The fraction of sp³-hybridized carbons (Fsp3) is 0.714. The van der Waals surface area contributed by atoms with Crippen molar-refractivity contribution < 1.29 is 4.79 Å². The van der Waals surface area contributed by atoms with Crippen LogP contribution < -0.4 is 0 Å². The molecule has 1 aliphatic rings. The molecule has 100 valence electrons. The zero-order valence-corrected chi connectivity index (χ0v) is 11.6. The number of aromatic nitrogens is 2. The summed E-state index contributed by atoms with van der Waals surface area (Å²) >= 11 is 0. The molecular formula is C14H23N3O. The van der Waals surface area contributed by atoms with Gasteiger partial charge in [-0.1, -0.05) is 6.92 Å². The monoisotopic (exact) mass is 249 g/mol. The number of hydrogen-bond acceptors (Lipinski definition) is 2. The lowest BCUT2D eigenvalue weighted by atomic mass is 9.99. The van der Waals surface area contributed by atoms with E-state index in [0.29, 0.717) is 12.3 Å². The lowest BCUT2D eigenvalue weighted by Crippen LogP contribution is -2.38. The molecule has 4 nitrogen and oxygen atoms in total. The van der Waals surface area contributed by atoms with Gasteiger partial charge in [0.05, 0.1) is 6.20 Å². The number of carbonyl (C=O) groups excluding carboxylic acids is 1. The minimum Gasteiger partial charge on any atom is -0.343 e. The molecule has 18 heavy (non-hydrogen) atoms. The van der Waals surface area contributed by atoms with E-state index in [0.717, 1.165) is 44.0 Å². The summed E-state index contributed by atoms with van der Waals surface area (Å²) in [5.74, 6) is 1.07. The van der Waals surface area contributed by atoms with Crippen LogP contribution in [0.2, 0.25) is 0 Å². The van der Waals surface area contributed by atoms with E-state index in [-0.39, 0.29) is 0 Å². The van der Waals surface area contributed by atoms with Crippen molar-refractivity contribution in [2.24, 2.45) is 13.0 Å². The van der Waals surface area contributed by atoms with Crippen LogP contribution >= 0.6 is 0 Å². The van der Waals surface area contributed by atoms with Crippen LogP contribution in [0.5, 0.6) is 0 Å². The molecule has 0 unspecified atom stereocenters. The highest BCUT2D eigenvalue weighted by Gasteiger charge is 2.20. The SMILES string of the molecule is Cc1c(CCC(=O)N2CCC(C)CC2)cnn1C. The summed E-state index contributed by atoms with van der Waals surface area (Å²) in [4.78, 5) is 14.1. The first kappa shape index (κ1) is 13.1. The predicted molar refractivity (Wildman–Crippen MR) is 71.2 cm³/mol. The van der Waals surface area contributed by atoms with Crippen molar-refractivity contribution in [3.05, 3.63) is 17.5 Å². The van der Waals surface area contributed by atoms with E-state index >= 15 is 0 Å². The van der Waals surface area contributed by atoms with Crippen molar-refractivity contribution in [1.82, 2.24) is 14.7 Å². The second-order valence-electron chi connectivity index (χ2n) is 5.44. The zero-order chi connectivity index (χ0) is 13.1. The molecule has 0 aliphatic carbocycles. The number of amides is 1. The van der Waals surface area contributed by atoms with E-state index in [1.165, 1.54) is 5.56 Å². The Morgan fingerprint density at radius 1 is 1.44 bits per heavy atom. The molecule has 0 saturated carbocycles. The van der Waals surface area contributed by atoms with Gasteiger partial charge in [-0.2, -0.15) is 5.10 Å². The highest BCUT2D eigenvalue weighted by molar-refractivity contribution is 5.76. The fourth-order valence-electron chi connectivity index (χ4n) is 2.45. The van der Waals surface area contributed by atoms with Crippen LogP contribution in [0.1, 0.15) is 37.4 Å². The Bertz CT molecular complexity index is 417. The molecule has 2 rings (SSSR count). The van der Waals surface area contributed by atoms with Gasteiger partial charge in [0.1, 0.15) is 0 Å². The summed E-state index contributed by atoms with van der Waals surface area (Å²) in [6.07, 6.45) is 5.60. The number of nitrogens with zero attached hydrogens (tertiary/aromatic N) is 3. The number of carbonyl (C=O) groups is 1. The maximum absolute atomic E-state index is 12.1. The fourth-order valence-corrected chi connectivity index (χ4v) is 2.45. The third-order valence-electron chi connectivity index (χ3n) is 4.08. The van der Waals surface area contributed by atoms with Crippen molar-refractivity contribution >= 4 is 5.91 Å². The van der Waals surface area contributed by atoms with E-state index in [2.05, 4.69) is 18.9 Å². The van der Waals surface area contributed by atoms with Crippen LogP contribution in [-0.4, -0.2) is 33.7 Å². The van der Waals surface area contributed by atoms with Gasteiger partial charge in [0.15, 0.2) is 0 Å². The molecule has 4 heteroatoms. The Labute approximate surface area is 109 Å². The molecule has 0 radical (unpaired) electrons. The average molecular weight is 249 g/mol. The predicted octanol–water partition coefficient (Wildman–Crippen LogP) is 1.92. The van der Waals surface area contributed by atoms with Crippen LogP contribution in [0, 0.1) is 12.8 Å². The molecular weight excluding hydrogens is 226 g/mol. The summed E-state index contributed by atoms with van der Waals surface area (Å²) in [6.45, 7) is 6.19. The minimum absolute atomic E-state index is 0.296. The van der Waals surface area contributed by atoms with Crippen molar-refractivity contribution in [3.63, 3.8) is 0 Å².